The number of piperidine rings is 1. The van der Waals surface area contributed by atoms with Crippen LogP contribution in [0, 0.1) is 0 Å². The van der Waals surface area contributed by atoms with Crippen LogP contribution in [0.2, 0.25) is 0 Å². The summed E-state index contributed by atoms with van der Waals surface area (Å²) >= 11 is 0. The molecular formula is C20H25N3O4. The molecule has 3 rings (SSSR count). The fourth-order valence-corrected chi connectivity index (χ4v) is 3.14. The first-order valence-corrected chi connectivity index (χ1v) is 9.04. The number of hydrogen-bond acceptors (Lipinski definition) is 4. The van der Waals surface area contributed by atoms with Crippen molar-refractivity contribution in [3.63, 3.8) is 0 Å². The van der Waals surface area contributed by atoms with E-state index in [-0.39, 0.29) is 18.0 Å². The van der Waals surface area contributed by atoms with E-state index < -0.39 is 0 Å². The van der Waals surface area contributed by atoms with Crippen molar-refractivity contribution in [2.24, 2.45) is 0 Å². The fourth-order valence-electron chi connectivity index (χ4n) is 3.14. The zero-order chi connectivity index (χ0) is 19.2. The van der Waals surface area contributed by atoms with Crippen LogP contribution >= 0.6 is 0 Å². The predicted molar refractivity (Wildman–Crippen MR) is 101 cm³/mol. The van der Waals surface area contributed by atoms with Crippen molar-refractivity contribution < 1.29 is 18.7 Å². The first-order valence-electron chi connectivity index (χ1n) is 9.04. The van der Waals surface area contributed by atoms with Crippen LogP contribution in [0.15, 0.2) is 47.1 Å². The lowest BCUT2D eigenvalue weighted by atomic mass is 10.0. The first-order chi connectivity index (χ1) is 13.1. The number of rotatable bonds is 5. The molecule has 0 radical (unpaired) electrons. The van der Waals surface area contributed by atoms with Crippen molar-refractivity contribution in [1.82, 2.24) is 15.1 Å². The Labute approximate surface area is 158 Å². The minimum Gasteiger partial charge on any atom is -0.497 e. The average Bonchev–Trinajstić information content (AvgIpc) is 3.23. The molecule has 7 nitrogen and oxygen atoms in total. The van der Waals surface area contributed by atoms with E-state index >= 15 is 0 Å². The van der Waals surface area contributed by atoms with Gasteiger partial charge in [0, 0.05) is 32.7 Å². The molecule has 1 N–H and O–H groups in total. The number of nitrogens with zero attached hydrogens (tertiary/aromatic N) is 2. The summed E-state index contributed by atoms with van der Waals surface area (Å²) in [4.78, 5) is 28.1. The lowest BCUT2D eigenvalue weighted by Crippen LogP contribution is -2.49. The van der Waals surface area contributed by atoms with E-state index in [4.69, 9.17) is 9.15 Å². The molecule has 7 heteroatoms. The topological polar surface area (TPSA) is 75.0 Å². The van der Waals surface area contributed by atoms with Gasteiger partial charge in [0.25, 0.3) is 5.91 Å². The Morgan fingerprint density at radius 1 is 1.22 bits per heavy atom. The Balaban J connectivity index is 1.45. The Hall–Kier alpha value is -2.96. The highest BCUT2D eigenvalue weighted by Gasteiger charge is 2.26. The maximum absolute atomic E-state index is 12.4. The molecule has 0 saturated carbocycles. The lowest BCUT2D eigenvalue weighted by Gasteiger charge is -2.32. The minimum absolute atomic E-state index is 0.0662. The molecule has 1 aliphatic heterocycles. The van der Waals surface area contributed by atoms with Crippen LogP contribution < -0.4 is 10.1 Å². The van der Waals surface area contributed by atoms with Gasteiger partial charge in [-0.25, -0.2) is 4.79 Å². The molecular weight excluding hydrogens is 346 g/mol. The Morgan fingerprint density at radius 3 is 2.52 bits per heavy atom. The Morgan fingerprint density at radius 2 is 1.93 bits per heavy atom. The summed E-state index contributed by atoms with van der Waals surface area (Å²) in [7, 11) is 3.40. The quantitative estimate of drug-likeness (QED) is 0.877. The molecule has 0 spiro atoms. The molecule has 1 fully saturated rings. The zero-order valence-corrected chi connectivity index (χ0v) is 15.7. The van der Waals surface area contributed by atoms with Crippen LogP contribution in [-0.2, 0) is 6.54 Å². The van der Waals surface area contributed by atoms with Crippen LogP contribution in [0.1, 0.15) is 29.0 Å². The molecule has 1 saturated heterocycles. The van der Waals surface area contributed by atoms with E-state index in [0.717, 1.165) is 24.2 Å². The van der Waals surface area contributed by atoms with E-state index in [2.05, 4.69) is 5.32 Å². The Kier molecular flexibility index (Phi) is 6.01. The van der Waals surface area contributed by atoms with Crippen LogP contribution in [0.5, 0.6) is 5.75 Å². The second-order valence-corrected chi connectivity index (χ2v) is 6.70. The van der Waals surface area contributed by atoms with Gasteiger partial charge in [0.1, 0.15) is 5.75 Å². The summed E-state index contributed by atoms with van der Waals surface area (Å²) in [6.45, 7) is 1.73. The predicted octanol–water partition coefficient (Wildman–Crippen LogP) is 2.73. The Bertz CT molecular complexity index is 750. The second kappa shape index (κ2) is 8.62. The molecule has 27 heavy (non-hydrogen) atoms. The third-order valence-corrected chi connectivity index (χ3v) is 4.77. The number of carbonyl (C=O) groups is 2. The van der Waals surface area contributed by atoms with Gasteiger partial charge in [0.2, 0.25) is 0 Å². The van der Waals surface area contributed by atoms with E-state index in [0.29, 0.717) is 25.4 Å². The van der Waals surface area contributed by atoms with Crippen LogP contribution in [0.4, 0.5) is 4.79 Å². The van der Waals surface area contributed by atoms with Gasteiger partial charge in [-0.3, -0.25) is 4.79 Å². The number of nitrogens with one attached hydrogen (secondary N) is 1. The van der Waals surface area contributed by atoms with Gasteiger partial charge in [-0.15, -0.1) is 0 Å². The molecule has 1 aromatic heterocycles. The van der Waals surface area contributed by atoms with Crippen molar-refractivity contribution >= 4 is 11.9 Å². The summed E-state index contributed by atoms with van der Waals surface area (Å²) in [5.41, 5.74) is 1.03. The summed E-state index contributed by atoms with van der Waals surface area (Å²) in [6.07, 6.45) is 2.96. The SMILES string of the molecule is COc1ccc(CN(C)C(=O)NC2CCN(C(=O)c3ccco3)CC2)cc1. The molecule has 1 aliphatic rings. The molecule has 3 amide bonds. The highest BCUT2D eigenvalue weighted by Crippen LogP contribution is 2.16. The van der Waals surface area contributed by atoms with Crippen LogP contribution in [0.3, 0.4) is 0 Å². The summed E-state index contributed by atoms with van der Waals surface area (Å²) in [5.74, 6) is 1.06. The molecule has 0 bridgehead atoms. The van der Waals surface area contributed by atoms with Crippen molar-refractivity contribution in [3.05, 3.63) is 54.0 Å². The normalized spacial score (nSPS) is 14.7. The number of benzene rings is 1. The van der Waals surface area contributed by atoms with Gasteiger partial charge in [0.05, 0.1) is 13.4 Å². The van der Waals surface area contributed by atoms with Crippen LogP contribution in [-0.4, -0.2) is 55.0 Å². The molecule has 144 valence electrons. The number of likely N-dealkylation sites (tertiary alicyclic amines) is 1. The highest BCUT2D eigenvalue weighted by molar-refractivity contribution is 5.91. The average molecular weight is 371 g/mol. The number of ether oxygens (including phenoxy) is 1. The van der Waals surface area contributed by atoms with Crippen molar-refractivity contribution in [2.45, 2.75) is 25.4 Å². The van der Waals surface area contributed by atoms with Gasteiger partial charge < -0.3 is 24.3 Å². The van der Waals surface area contributed by atoms with E-state index in [1.54, 1.807) is 36.1 Å². The second-order valence-electron chi connectivity index (χ2n) is 6.70. The standard InChI is InChI=1S/C20H25N3O4/c1-22(14-15-5-7-17(26-2)8-6-15)20(25)21-16-9-11-23(12-10-16)19(24)18-4-3-13-27-18/h3-8,13,16H,9-12,14H2,1-2H3,(H,21,25). The number of urea groups is 1. The van der Waals surface area contributed by atoms with Crippen molar-refractivity contribution in [2.75, 3.05) is 27.2 Å². The largest absolute Gasteiger partial charge is 0.497 e. The first kappa shape index (κ1) is 18.8. The molecule has 2 aromatic rings. The zero-order valence-electron chi connectivity index (χ0n) is 15.7. The van der Waals surface area contributed by atoms with Gasteiger partial charge in [0.15, 0.2) is 5.76 Å². The smallest absolute Gasteiger partial charge is 0.317 e. The fraction of sp³-hybridized carbons (Fsp3) is 0.400. The third kappa shape index (κ3) is 4.81. The molecule has 0 aliphatic carbocycles. The monoisotopic (exact) mass is 371 g/mol. The van der Waals surface area contributed by atoms with E-state index in [1.807, 2.05) is 24.3 Å². The lowest BCUT2D eigenvalue weighted by molar-refractivity contribution is 0.0674. The summed E-state index contributed by atoms with van der Waals surface area (Å²) in [6, 6.07) is 11.0. The molecule has 1 aromatic carbocycles. The van der Waals surface area contributed by atoms with Gasteiger partial charge in [-0.05, 0) is 42.7 Å². The molecule has 2 heterocycles. The van der Waals surface area contributed by atoms with Gasteiger partial charge in [-0.1, -0.05) is 12.1 Å². The van der Waals surface area contributed by atoms with Crippen LogP contribution in [0.25, 0.3) is 0 Å². The number of furan rings is 1. The van der Waals surface area contributed by atoms with Crippen molar-refractivity contribution in [3.8, 4) is 5.75 Å². The molecule has 0 atom stereocenters. The number of amides is 3. The van der Waals surface area contributed by atoms with Crippen molar-refractivity contribution in [1.29, 1.82) is 0 Å². The third-order valence-electron chi connectivity index (χ3n) is 4.77. The maximum Gasteiger partial charge on any atom is 0.317 e. The van der Waals surface area contributed by atoms with Gasteiger partial charge >= 0.3 is 6.03 Å². The van der Waals surface area contributed by atoms with E-state index in [1.165, 1.54) is 6.26 Å². The van der Waals surface area contributed by atoms with Gasteiger partial charge in [-0.2, -0.15) is 0 Å². The summed E-state index contributed by atoms with van der Waals surface area (Å²) in [5, 5.41) is 3.06. The molecule has 0 unspecified atom stereocenters. The summed E-state index contributed by atoms with van der Waals surface area (Å²) < 4.78 is 10.3. The minimum atomic E-state index is -0.110. The number of methoxy groups -OCH3 is 1. The number of hydrogen-bond donors (Lipinski definition) is 1. The van der Waals surface area contributed by atoms with E-state index in [9.17, 15) is 9.59 Å². The highest BCUT2D eigenvalue weighted by atomic mass is 16.5. The maximum atomic E-state index is 12.4. The number of carbonyl (C=O) groups excluding carboxylic acids is 2.